The second-order valence-electron chi connectivity index (χ2n) is 7.14. The van der Waals surface area contributed by atoms with Gasteiger partial charge in [0.15, 0.2) is 5.16 Å². The van der Waals surface area contributed by atoms with Crippen LogP contribution in [0.25, 0.3) is 10.2 Å². The van der Waals surface area contributed by atoms with Gasteiger partial charge < -0.3 is 10.1 Å². The number of hydrogen-bond donors (Lipinski definition) is 1. The van der Waals surface area contributed by atoms with Gasteiger partial charge in [-0.05, 0) is 51.5 Å². The fraction of sp³-hybridized carbons (Fsp3) is 0.632. The van der Waals surface area contributed by atoms with Gasteiger partial charge in [-0.2, -0.15) is 0 Å². The number of aryl methyl sites for hydroxylation is 2. The van der Waals surface area contributed by atoms with Crippen LogP contribution in [0.3, 0.4) is 0 Å². The molecule has 2 atom stereocenters. The van der Waals surface area contributed by atoms with E-state index in [2.05, 4.69) is 5.32 Å². The fourth-order valence-corrected chi connectivity index (χ4v) is 6.08. The lowest BCUT2D eigenvalue weighted by molar-refractivity contribution is -0.120. The Kier molecular flexibility index (Phi) is 5.57. The van der Waals surface area contributed by atoms with Crippen LogP contribution in [0.4, 0.5) is 0 Å². The van der Waals surface area contributed by atoms with Crippen LogP contribution in [0.2, 0.25) is 0 Å². The van der Waals surface area contributed by atoms with Crippen molar-refractivity contribution in [1.29, 1.82) is 0 Å². The van der Waals surface area contributed by atoms with Crippen molar-refractivity contribution in [3.05, 3.63) is 20.8 Å². The quantitative estimate of drug-likeness (QED) is 0.589. The first-order chi connectivity index (χ1) is 13.1. The zero-order valence-corrected chi connectivity index (χ0v) is 17.4. The number of rotatable bonds is 6. The van der Waals surface area contributed by atoms with E-state index in [4.69, 9.17) is 9.72 Å². The van der Waals surface area contributed by atoms with Crippen molar-refractivity contribution in [3.63, 3.8) is 0 Å². The molecule has 1 saturated heterocycles. The van der Waals surface area contributed by atoms with E-state index >= 15 is 0 Å². The molecule has 2 aliphatic rings. The summed E-state index contributed by atoms with van der Waals surface area (Å²) in [5, 5.41) is 3.95. The summed E-state index contributed by atoms with van der Waals surface area (Å²) < 4.78 is 7.52. The maximum absolute atomic E-state index is 13.4. The molecule has 3 heterocycles. The van der Waals surface area contributed by atoms with E-state index in [-0.39, 0.29) is 22.8 Å². The van der Waals surface area contributed by atoms with Crippen LogP contribution < -0.4 is 10.9 Å². The number of thiophene rings is 1. The highest BCUT2D eigenvalue weighted by Crippen LogP contribution is 2.36. The molecule has 1 amide bonds. The van der Waals surface area contributed by atoms with E-state index in [1.807, 2.05) is 13.8 Å². The largest absolute Gasteiger partial charge is 0.376 e. The molecule has 6 nitrogen and oxygen atoms in total. The lowest BCUT2D eigenvalue weighted by Crippen LogP contribution is -2.33. The maximum atomic E-state index is 13.4. The van der Waals surface area contributed by atoms with Gasteiger partial charge in [0.25, 0.3) is 5.56 Å². The topological polar surface area (TPSA) is 73.2 Å². The summed E-state index contributed by atoms with van der Waals surface area (Å²) in [7, 11) is 0. The van der Waals surface area contributed by atoms with Gasteiger partial charge >= 0.3 is 0 Å². The van der Waals surface area contributed by atoms with Crippen LogP contribution >= 0.6 is 23.1 Å². The van der Waals surface area contributed by atoms with E-state index in [0.717, 1.165) is 48.9 Å². The molecule has 2 aromatic rings. The van der Waals surface area contributed by atoms with Crippen molar-refractivity contribution in [2.45, 2.75) is 69.0 Å². The summed E-state index contributed by atoms with van der Waals surface area (Å²) >= 11 is 3.00. The molecule has 2 aromatic heterocycles. The molecule has 0 unspecified atom stereocenters. The molecular weight excluding hydrogens is 382 g/mol. The highest BCUT2D eigenvalue weighted by Gasteiger charge is 2.27. The van der Waals surface area contributed by atoms with Crippen LogP contribution in [0.5, 0.6) is 0 Å². The lowest BCUT2D eigenvalue weighted by Gasteiger charge is -2.18. The van der Waals surface area contributed by atoms with E-state index < -0.39 is 0 Å². The predicted molar refractivity (Wildman–Crippen MR) is 109 cm³/mol. The SMILES string of the molecule is CCNC(=O)[C@@H](C)Sc1nc2sc3c(c2c(=O)n1C[C@H]1CCCO1)CCC3. The number of carbonyl (C=O) groups excluding carboxylic acids is 1. The Morgan fingerprint density at radius 3 is 3.04 bits per heavy atom. The number of nitrogens with one attached hydrogen (secondary N) is 1. The van der Waals surface area contributed by atoms with Gasteiger partial charge in [0.05, 0.1) is 23.3 Å². The number of fused-ring (bicyclic) bond motifs is 3. The van der Waals surface area contributed by atoms with Gasteiger partial charge in [-0.25, -0.2) is 4.98 Å². The highest BCUT2D eigenvalue weighted by atomic mass is 32.2. The Morgan fingerprint density at radius 2 is 2.30 bits per heavy atom. The number of amides is 1. The molecular formula is C19H25N3O3S2. The van der Waals surface area contributed by atoms with Gasteiger partial charge in [-0.15, -0.1) is 11.3 Å². The summed E-state index contributed by atoms with van der Waals surface area (Å²) in [5.41, 5.74) is 1.22. The van der Waals surface area contributed by atoms with E-state index in [1.54, 1.807) is 15.9 Å². The normalized spacial score (nSPS) is 20.1. The smallest absolute Gasteiger partial charge is 0.263 e. The van der Waals surface area contributed by atoms with Crippen molar-refractivity contribution >= 4 is 39.2 Å². The Morgan fingerprint density at radius 1 is 1.44 bits per heavy atom. The van der Waals surface area contributed by atoms with Crippen LogP contribution in [0, 0.1) is 0 Å². The molecule has 0 radical (unpaired) electrons. The molecule has 1 aliphatic heterocycles. The second-order valence-corrected chi connectivity index (χ2v) is 9.53. The number of hydrogen-bond acceptors (Lipinski definition) is 6. The van der Waals surface area contributed by atoms with Gasteiger partial charge in [0.2, 0.25) is 5.91 Å². The molecule has 27 heavy (non-hydrogen) atoms. The average Bonchev–Trinajstić information content (AvgIpc) is 3.35. The van der Waals surface area contributed by atoms with Crippen LogP contribution in [-0.4, -0.2) is 40.0 Å². The molecule has 4 rings (SSSR count). The minimum absolute atomic E-state index is 0.0282. The molecule has 146 valence electrons. The molecule has 1 aliphatic carbocycles. The van der Waals surface area contributed by atoms with Gasteiger partial charge in [-0.3, -0.25) is 14.2 Å². The summed E-state index contributed by atoms with van der Waals surface area (Å²) in [6.45, 7) is 5.62. The van der Waals surface area contributed by atoms with Crippen molar-refractivity contribution in [1.82, 2.24) is 14.9 Å². The second kappa shape index (κ2) is 7.93. The molecule has 8 heteroatoms. The Balaban J connectivity index is 1.75. The summed E-state index contributed by atoms with van der Waals surface area (Å²) in [5.74, 6) is -0.0332. The first-order valence-corrected chi connectivity index (χ1v) is 11.4. The van der Waals surface area contributed by atoms with Crippen molar-refractivity contribution in [2.75, 3.05) is 13.2 Å². The summed E-state index contributed by atoms with van der Waals surface area (Å²) in [6, 6.07) is 0. The number of thioether (sulfide) groups is 1. The number of carbonyl (C=O) groups is 1. The molecule has 0 bridgehead atoms. The lowest BCUT2D eigenvalue weighted by atomic mass is 10.2. The molecule has 1 fully saturated rings. The first kappa shape index (κ1) is 19.0. The minimum Gasteiger partial charge on any atom is -0.376 e. The van der Waals surface area contributed by atoms with Gasteiger partial charge in [-0.1, -0.05) is 11.8 Å². The molecule has 0 saturated carbocycles. The monoisotopic (exact) mass is 407 g/mol. The van der Waals surface area contributed by atoms with E-state index in [9.17, 15) is 9.59 Å². The number of ether oxygens (including phenoxy) is 1. The van der Waals surface area contributed by atoms with Crippen LogP contribution in [0.1, 0.15) is 43.6 Å². The van der Waals surface area contributed by atoms with Crippen molar-refractivity contribution < 1.29 is 9.53 Å². The highest BCUT2D eigenvalue weighted by molar-refractivity contribution is 8.00. The number of nitrogens with zero attached hydrogens (tertiary/aromatic N) is 2. The standard InChI is InChI=1S/C19H25N3O3S2/c1-3-20-16(23)11(2)26-19-21-17-15(13-7-4-8-14(13)27-17)18(24)22(19)10-12-6-5-9-25-12/h11-12H,3-10H2,1-2H3,(H,20,23)/t11-,12-/m1/s1. The molecule has 0 spiro atoms. The van der Waals surface area contributed by atoms with Crippen molar-refractivity contribution in [3.8, 4) is 0 Å². The van der Waals surface area contributed by atoms with E-state index in [1.165, 1.54) is 22.2 Å². The Labute approximate surface area is 166 Å². The number of aromatic nitrogens is 2. The van der Waals surface area contributed by atoms with Crippen LogP contribution in [0.15, 0.2) is 9.95 Å². The average molecular weight is 408 g/mol. The maximum Gasteiger partial charge on any atom is 0.263 e. The summed E-state index contributed by atoms with van der Waals surface area (Å²) in [6.07, 6.45) is 5.16. The minimum atomic E-state index is -0.308. The first-order valence-electron chi connectivity index (χ1n) is 9.69. The Hall–Kier alpha value is -1.38. The zero-order valence-electron chi connectivity index (χ0n) is 15.7. The molecule has 1 N–H and O–H groups in total. The third-order valence-electron chi connectivity index (χ3n) is 5.20. The third-order valence-corrected chi connectivity index (χ3v) is 7.48. The van der Waals surface area contributed by atoms with Crippen LogP contribution in [-0.2, 0) is 28.9 Å². The summed E-state index contributed by atoms with van der Waals surface area (Å²) in [4.78, 5) is 32.5. The van der Waals surface area contributed by atoms with Crippen molar-refractivity contribution in [2.24, 2.45) is 0 Å². The third kappa shape index (κ3) is 3.67. The molecule has 0 aromatic carbocycles. The van der Waals surface area contributed by atoms with Gasteiger partial charge in [0.1, 0.15) is 4.83 Å². The van der Waals surface area contributed by atoms with Gasteiger partial charge in [0, 0.05) is 18.0 Å². The fourth-order valence-electron chi connectivity index (χ4n) is 3.83. The predicted octanol–water partition coefficient (Wildman–Crippen LogP) is 2.74. The van der Waals surface area contributed by atoms with E-state index in [0.29, 0.717) is 18.2 Å². The Bertz CT molecular complexity index is 915. The zero-order chi connectivity index (χ0) is 19.0.